The summed E-state index contributed by atoms with van der Waals surface area (Å²) in [6.07, 6.45) is 1.96. The Labute approximate surface area is 189 Å². The van der Waals surface area contributed by atoms with Gasteiger partial charge in [-0.3, -0.25) is 0 Å². The first kappa shape index (κ1) is 20.1. The topological polar surface area (TPSA) is 90.0 Å². The highest BCUT2D eigenvalue weighted by atomic mass is 19.1. The second-order valence-electron chi connectivity index (χ2n) is 8.53. The molecule has 5 heterocycles. The molecule has 0 saturated carbocycles. The third-order valence-electron chi connectivity index (χ3n) is 6.47. The molecule has 0 radical (unpaired) electrons. The van der Waals surface area contributed by atoms with Gasteiger partial charge in [-0.05, 0) is 54.8 Å². The molecule has 3 aromatic heterocycles. The number of aliphatic hydroxyl groups excluding tert-OH is 2. The third kappa shape index (κ3) is 3.40. The van der Waals surface area contributed by atoms with E-state index in [4.69, 9.17) is 5.10 Å². The van der Waals surface area contributed by atoms with Gasteiger partial charge in [0.15, 0.2) is 11.9 Å². The summed E-state index contributed by atoms with van der Waals surface area (Å²) in [6, 6.07) is 16.2. The van der Waals surface area contributed by atoms with Gasteiger partial charge in [0.05, 0.1) is 24.5 Å². The van der Waals surface area contributed by atoms with Crippen LogP contribution in [0.5, 0.6) is 0 Å². The third-order valence-corrected chi connectivity index (χ3v) is 6.47. The summed E-state index contributed by atoms with van der Waals surface area (Å²) in [5, 5.41) is 24.5. The largest absolute Gasteiger partial charge is 0.387 e. The Bertz CT molecular complexity index is 1330. The number of pyridine rings is 1. The number of nitrogens with zero attached hydrogens (tertiary/aromatic N) is 6. The van der Waals surface area contributed by atoms with E-state index in [9.17, 15) is 14.6 Å². The van der Waals surface area contributed by atoms with Crippen LogP contribution in [-0.4, -0.2) is 55.2 Å². The first-order chi connectivity index (χ1) is 16.1. The zero-order valence-corrected chi connectivity index (χ0v) is 17.8. The molecule has 33 heavy (non-hydrogen) atoms. The summed E-state index contributed by atoms with van der Waals surface area (Å²) in [7, 11) is 0. The van der Waals surface area contributed by atoms with Crippen LogP contribution in [0.15, 0.2) is 60.8 Å². The van der Waals surface area contributed by atoms with Crippen LogP contribution in [-0.2, 0) is 0 Å². The molecular weight excluding hydrogens is 423 g/mol. The van der Waals surface area contributed by atoms with Gasteiger partial charge in [0.1, 0.15) is 29.3 Å². The summed E-state index contributed by atoms with van der Waals surface area (Å²) < 4.78 is 15.6. The number of fused-ring (bicyclic) bond motifs is 1. The molecule has 1 unspecified atom stereocenters. The second-order valence-corrected chi connectivity index (χ2v) is 8.53. The highest BCUT2D eigenvalue weighted by molar-refractivity contribution is 5.63. The number of halogens is 1. The van der Waals surface area contributed by atoms with E-state index in [-0.39, 0.29) is 11.9 Å². The molecule has 168 valence electrons. The van der Waals surface area contributed by atoms with Gasteiger partial charge in [0.2, 0.25) is 0 Å². The monoisotopic (exact) mass is 446 g/mol. The quantitative estimate of drug-likeness (QED) is 0.498. The molecule has 0 spiro atoms. The molecule has 0 amide bonds. The van der Waals surface area contributed by atoms with Gasteiger partial charge < -0.3 is 20.0 Å². The molecule has 2 N–H and O–H groups in total. The molecule has 3 atom stereocenters. The average molecular weight is 446 g/mol. The molecule has 6 rings (SSSR count). The predicted molar refractivity (Wildman–Crippen MR) is 121 cm³/mol. The molecule has 2 saturated heterocycles. The zero-order chi connectivity index (χ0) is 22.5. The first-order valence-corrected chi connectivity index (χ1v) is 11.1. The predicted octanol–water partition coefficient (Wildman–Crippen LogP) is 2.77. The lowest BCUT2D eigenvalue weighted by molar-refractivity contribution is -0.0322. The minimum absolute atomic E-state index is 0.0680. The van der Waals surface area contributed by atoms with Crippen molar-refractivity contribution in [2.75, 3.05) is 22.9 Å². The molecule has 8 nitrogen and oxygen atoms in total. The van der Waals surface area contributed by atoms with E-state index in [2.05, 4.69) is 14.9 Å². The number of imidazole rings is 1. The summed E-state index contributed by atoms with van der Waals surface area (Å²) in [5.74, 6) is 1.15. The lowest BCUT2D eigenvalue weighted by Gasteiger charge is -2.42. The number of rotatable bonds is 4. The van der Waals surface area contributed by atoms with E-state index in [1.54, 1.807) is 33.8 Å². The van der Waals surface area contributed by atoms with Crippen LogP contribution >= 0.6 is 0 Å². The Morgan fingerprint density at radius 2 is 1.85 bits per heavy atom. The number of aliphatic hydroxyl groups is 2. The van der Waals surface area contributed by atoms with E-state index in [1.807, 2.05) is 30.3 Å². The van der Waals surface area contributed by atoms with Crippen LogP contribution in [0.2, 0.25) is 0 Å². The van der Waals surface area contributed by atoms with Gasteiger partial charge in [0, 0.05) is 6.54 Å². The van der Waals surface area contributed by atoms with Gasteiger partial charge in [0.25, 0.3) is 0 Å². The number of anilines is 2. The molecular formula is C24H23FN6O2. The summed E-state index contributed by atoms with van der Waals surface area (Å²) in [5.41, 5.74) is 3.04. The summed E-state index contributed by atoms with van der Waals surface area (Å²) in [4.78, 5) is 13.0. The fraction of sp³-hybridized carbons (Fsp3) is 0.292. The maximum atomic E-state index is 13.8. The van der Waals surface area contributed by atoms with E-state index in [0.29, 0.717) is 23.7 Å². The van der Waals surface area contributed by atoms with Gasteiger partial charge in [-0.25, -0.2) is 18.9 Å². The Morgan fingerprint density at radius 3 is 2.67 bits per heavy atom. The van der Waals surface area contributed by atoms with Crippen molar-refractivity contribution >= 4 is 17.3 Å². The summed E-state index contributed by atoms with van der Waals surface area (Å²) in [6.45, 7) is 1.18. The summed E-state index contributed by atoms with van der Waals surface area (Å²) >= 11 is 0. The Balaban J connectivity index is 1.36. The van der Waals surface area contributed by atoms with Gasteiger partial charge in [-0.1, -0.05) is 18.2 Å². The smallest absolute Gasteiger partial charge is 0.156 e. The maximum Gasteiger partial charge on any atom is 0.156 e. The van der Waals surface area contributed by atoms with E-state index in [0.717, 1.165) is 36.5 Å². The average Bonchev–Trinajstić information content (AvgIpc) is 3.49. The van der Waals surface area contributed by atoms with Crippen LogP contribution in [0.25, 0.3) is 17.0 Å². The Hall–Kier alpha value is -3.56. The maximum absolute atomic E-state index is 13.8. The highest BCUT2D eigenvalue weighted by Crippen LogP contribution is 2.36. The molecule has 0 aliphatic carbocycles. The second kappa shape index (κ2) is 7.79. The normalized spacial score (nSPS) is 22.7. The molecule has 2 fully saturated rings. The van der Waals surface area contributed by atoms with Crippen molar-refractivity contribution in [2.45, 2.75) is 31.2 Å². The number of hydrogen-bond acceptors (Lipinski definition) is 7. The van der Waals surface area contributed by atoms with Gasteiger partial charge >= 0.3 is 0 Å². The Kier molecular flexibility index (Phi) is 4.74. The first-order valence-electron chi connectivity index (χ1n) is 11.1. The molecule has 1 aromatic carbocycles. The van der Waals surface area contributed by atoms with Crippen LogP contribution in [0.1, 0.15) is 24.4 Å². The van der Waals surface area contributed by atoms with Gasteiger partial charge in [-0.15, -0.1) is 5.10 Å². The molecule has 0 bridgehead atoms. The lowest BCUT2D eigenvalue weighted by Crippen LogP contribution is -2.60. The van der Waals surface area contributed by atoms with Crippen molar-refractivity contribution in [3.63, 3.8) is 0 Å². The van der Waals surface area contributed by atoms with Crippen LogP contribution in [0.3, 0.4) is 0 Å². The van der Waals surface area contributed by atoms with Crippen LogP contribution in [0.4, 0.5) is 16.0 Å². The number of benzene rings is 1. The van der Waals surface area contributed by atoms with Crippen LogP contribution < -0.4 is 9.80 Å². The van der Waals surface area contributed by atoms with Crippen molar-refractivity contribution in [3.8, 4) is 11.4 Å². The minimum Gasteiger partial charge on any atom is -0.387 e. The van der Waals surface area contributed by atoms with Crippen molar-refractivity contribution in [2.24, 2.45) is 0 Å². The Morgan fingerprint density at radius 1 is 0.970 bits per heavy atom. The standard InChI is InChI=1S/C24H23FN6O2/c25-16-5-1-4-15(12-16)18-7-3-11-29(18)23-10-9-21-26-13-19(31(21)28-23)17-6-2-8-22(27-17)30-14-20(32)24(30)33/h1-2,4-6,8-10,12-13,18,20,24,32-33H,3,7,11,14H2/t18-,20-,24?/m0/s1. The highest BCUT2D eigenvalue weighted by Gasteiger charge is 2.37. The van der Waals surface area contributed by atoms with E-state index < -0.39 is 12.3 Å². The molecule has 9 heteroatoms. The lowest BCUT2D eigenvalue weighted by atomic mass is 10.0. The van der Waals surface area contributed by atoms with E-state index in [1.165, 1.54) is 6.07 Å². The SMILES string of the molecule is OC1[C@@H](O)CN1c1cccc(-c2cnc3ccc(N4CCC[C@H]4c4cccc(F)c4)nn23)n1. The molecule has 4 aromatic rings. The number of β-amino-alcohol motifs (C(OH)–C–C–N with tert-alkyl or cyclic N) is 1. The van der Waals surface area contributed by atoms with E-state index >= 15 is 0 Å². The fourth-order valence-electron chi connectivity index (χ4n) is 4.72. The minimum atomic E-state index is -0.949. The fourth-order valence-corrected chi connectivity index (χ4v) is 4.72. The van der Waals surface area contributed by atoms with Crippen molar-refractivity contribution in [1.82, 2.24) is 19.6 Å². The number of hydrogen-bond donors (Lipinski definition) is 2. The van der Waals surface area contributed by atoms with Crippen molar-refractivity contribution < 1.29 is 14.6 Å². The zero-order valence-electron chi connectivity index (χ0n) is 17.8. The molecule has 2 aliphatic rings. The van der Waals surface area contributed by atoms with Crippen LogP contribution in [0, 0.1) is 5.82 Å². The van der Waals surface area contributed by atoms with Gasteiger partial charge in [-0.2, -0.15) is 0 Å². The van der Waals surface area contributed by atoms with Crippen molar-refractivity contribution in [1.29, 1.82) is 0 Å². The van der Waals surface area contributed by atoms with Crippen molar-refractivity contribution in [3.05, 3.63) is 72.2 Å². The number of aromatic nitrogens is 4. The molecule has 2 aliphatic heterocycles.